The number of hydrogen-bond acceptors (Lipinski definition) is 11. The molecule has 6 heterocycles. The van der Waals surface area contributed by atoms with Gasteiger partial charge in [-0.15, -0.1) is 0 Å². The molecule has 0 aromatic carbocycles. The number of ether oxygens (including phenoxy) is 2. The van der Waals surface area contributed by atoms with Crippen molar-refractivity contribution in [3.8, 4) is 0 Å². The summed E-state index contributed by atoms with van der Waals surface area (Å²) in [5, 5.41) is 7.94. The zero-order valence-electron chi connectivity index (χ0n) is 41.7. The number of hydrogen-bond donors (Lipinski definition) is 4. The van der Waals surface area contributed by atoms with Crippen molar-refractivity contribution in [3.05, 3.63) is 60.2 Å². The molecule has 2 fully saturated rings. The van der Waals surface area contributed by atoms with Crippen LogP contribution in [0.3, 0.4) is 0 Å². The number of H-pyrrole nitrogens is 2. The van der Waals surface area contributed by atoms with E-state index in [-0.39, 0.29) is 59.6 Å². The van der Waals surface area contributed by atoms with E-state index in [1.165, 1.54) is 13.8 Å². The van der Waals surface area contributed by atoms with Crippen molar-refractivity contribution in [2.24, 2.45) is 16.7 Å². The van der Waals surface area contributed by atoms with Crippen molar-refractivity contribution in [2.45, 2.75) is 151 Å². The number of aromatic nitrogens is 4. The standard InChI is InChI=1S/C25H37N5O4.C25H36N4O4/c1-15(29(6)7)23(32)28-21(25(3,4)5)24(33)30-12-10-20(34-16(2)31)19(30)13-17-14-27-22-18(17)9-8-11-26-22;1-7-15(2)23(31)28-21(25(4,5)6)24(32)29-12-10-20(33-16(3)30)19(29)13-17-14-27-22-18(17)9-8-11-26-22/h8-9,11,14-15,19-21H,10,12-13H2,1-7H3,(H,26,27)(H,28,32);8-9,11,14-15,19-21H,7,10,12-13H2,1-6H3,(H,26,27)(H,28,31)/t15-,19+,20-,21+;15-,19-,20+,21-/m01/s1. The molecule has 2 aliphatic heterocycles. The summed E-state index contributed by atoms with van der Waals surface area (Å²) < 4.78 is 11.2. The van der Waals surface area contributed by atoms with E-state index >= 15 is 0 Å². The minimum atomic E-state index is -0.717. The lowest BCUT2D eigenvalue weighted by molar-refractivity contribution is -0.150. The molecule has 366 valence electrons. The van der Waals surface area contributed by atoms with Gasteiger partial charge < -0.3 is 39.9 Å². The highest BCUT2D eigenvalue weighted by Crippen LogP contribution is 2.33. The van der Waals surface area contributed by atoms with E-state index in [0.29, 0.717) is 45.2 Å². The average Bonchev–Trinajstić information content (AvgIpc) is 4.06. The third-order valence-electron chi connectivity index (χ3n) is 13.1. The quantitative estimate of drug-likeness (QED) is 0.119. The summed E-state index contributed by atoms with van der Waals surface area (Å²) in [7, 11) is 3.66. The fraction of sp³-hybridized carbons (Fsp3) is 0.600. The highest BCUT2D eigenvalue weighted by molar-refractivity contribution is 5.91. The number of aromatic amines is 2. The van der Waals surface area contributed by atoms with Gasteiger partial charge >= 0.3 is 11.9 Å². The first-order valence-corrected chi connectivity index (χ1v) is 23.5. The van der Waals surface area contributed by atoms with Crippen LogP contribution >= 0.6 is 0 Å². The van der Waals surface area contributed by atoms with Gasteiger partial charge in [0, 0.05) is 81.3 Å². The summed E-state index contributed by atoms with van der Waals surface area (Å²) in [4.78, 5) is 97.3. The zero-order valence-corrected chi connectivity index (χ0v) is 41.7. The maximum atomic E-state index is 13.9. The lowest BCUT2D eigenvalue weighted by Gasteiger charge is -2.37. The fourth-order valence-corrected chi connectivity index (χ4v) is 8.79. The van der Waals surface area contributed by atoms with Gasteiger partial charge in [-0.2, -0.15) is 0 Å². The van der Waals surface area contributed by atoms with Gasteiger partial charge in [0.25, 0.3) is 0 Å². The van der Waals surface area contributed by atoms with E-state index in [4.69, 9.17) is 9.47 Å². The number of rotatable bonds is 14. The van der Waals surface area contributed by atoms with E-state index in [0.717, 1.165) is 33.2 Å². The first-order valence-electron chi connectivity index (χ1n) is 23.5. The molecule has 2 aliphatic rings. The molecule has 2 saturated heterocycles. The average molecular weight is 928 g/mol. The van der Waals surface area contributed by atoms with Gasteiger partial charge in [-0.05, 0) is 86.5 Å². The predicted octanol–water partition coefficient (Wildman–Crippen LogP) is 5.33. The molecule has 8 atom stereocenters. The summed E-state index contributed by atoms with van der Waals surface area (Å²) in [6.45, 7) is 21.0. The number of nitrogens with one attached hydrogen (secondary N) is 4. The van der Waals surface area contributed by atoms with Gasteiger partial charge in [0.2, 0.25) is 23.6 Å². The van der Waals surface area contributed by atoms with Crippen LogP contribution in [0.1, 0.15) is 107 Å². The molecule has 0 radical (unpaired) electrons. The van der Waals surface area contributed by atoms with Crippen molar-refractivity contribution in [3.63, 3.8) is 0 Å². The molecule has 17 heteroatoms. The van der Waals surface area contributed by atoms with E-state index in [1.807, 2.05) is 106 Å². The van der Waals surface area contributed by atoms with Crippen LogP contribution < -0.4 is 10.6 Å². The van der Waals surface area contributed by atoms with E-state index in [2.05, 4.69) is 30.6 Å². The second-order valence-electron chi connectivity index (χ2n) is 20.5. The van der Waals surface area contributed by atoms with Gasteiger partial charge in [0.05, 0.1) is 18.1 Å². The fourth-order valence-electron chi connectivity index (χ4n) is 8.79. The molecule has 0 spiro atoms. The minimum absolute atomic E-state index is 0.124. The minimum Gasteiger partial charge on any atom is -0.460 e. The topological polar surface area (TPSA) is 212 Å². The Balaban J connectivity index is 0.000000251. The van der Waals surface area contributed by atoms with Crippen LogP contribution in [0.5, 0.6) is 0 Å². The number of pyridine rings is 2. The summed E-state index contributed by atoms with van der Waals surface area (Å²) in [6, 6.07) is 5.28. The molecule has 0 aliphatic carbocycles. The van der Waals surface area contributed by atoms with Gasteiger partial charge in [0.15, 0.2) is 0 Å². The third-order valence-corrected chi connectivity index (χ3v) is 13.1. The molecule has 67 heavy (non-hydrogen) atoms. The Morgan fingerprint density at radius 3 is 1.48 bits per heavy atom. The number of likely N-dealkylation sites (N-methyl/N-ethyl adjacent to an activating group) is 1. The van der Waals surface area contributed by atoms with Crippen molar-refractivity contribution >= 4 is 57.6 Å². The largest absolute Gasteiger partial charge is 0.460 e. The molecule has 0 unspecified atom stereocenters. The van der Waals surface area contributed by atoms with Crippen LogP contribution in [0, 0.1) is 16.7 Å². The summed E-state index contributed by atoms with van der Waals surface area (Å²) in [6.07, 6.45) is 9.26. The SMILES string of the molecule is CC(=O)O[C@H]1CCN(C(=O)[C@@H](NC(=O)[C@H](C)N(C)C)C(C)(C)C)[C@@H]1Cc1c[nH]c2ncccc12.CC[C@@H](C)C(=O)N[C@H](C(=O)N1CC[C@H](OC(C)=O)[C@H]1Cc1c[nH]c2ncccc12)C(C)(C)C. The molecule has 4 aromatic heterocycles. The Bertz CT molecular complexity index is 2380. The lowest BCUT2D eigenvalue weighted by atomic mass is 9.85. The maximum absolute atomic E-state index is 13.9. The first kappa shape index (κ1) is 52.1. The Hall–Kier alpha value is -5.84. The first-order chi connectivity index (χ1) is 31.4. The van der Waals surface area contributed by atoms with Crippen molar-refractivity contribution < 1.29 is 38.2 Å². The van der Waals surface area contributed by atoms with E-state index in [9.17, 15) is 28.8 Å². The van der Waals surface area contributed by atoms with Gasteiger partial charge in [0.1, 0.15) is 35.6 Å². The maximum Gasteiger partial charge on any atom is 0.302 e. The molecule has 4 N–H and O–H groups in total. The van der Waals surface area contributed by atoms with Crippen molar-refractivity contribution in [2.75, 3.05) is 27.2 Å². The van der Waals surface area contributed by atoms with Crippen molar-refractivity contribution in [1.29, 1.82) is 0 Å². The van der Waals surface area contributed by atoms with Crippen LogP contribution in [-0.2, 0) is 51.1 Å². The summed E-state index contributed by atoms with van der Waals surface area (Å²) in [5.74, 6) is -1.54. The molecule has 17 nitrogen and oxygen atoms in total. The Morgan fingerprint density at radius 1 is 0.716 bits per heavy atom. The van der Waals surface area contributed by atoms with Gasteiger partial charge in [-0.1, -0.05) is 55.4 Å². The molecule has 4 aromatic rings. The Labute approximate surface area is 394 Å². The number of carbonyl (C=O) groups excluding carboxylic acids is 6. The van der Waals surface area contributed by atoms with Gasteiger partial charge in [-0.3, -0.25) is 33.7 Å². The molecule has 0 bridgehead atoms. The third kappa shape index (κ3) is 12.8. The molecule has 6 rings (SSSR count). The normalized spacial score (nSPS) is 20.4. The van der Waals surface area contributed by atoms with Crippen LogP contribution in [0.15, 0.2) is 49.1 Å². The van der Waals surface area contributed by atoms with Crippen LogP contribution in [0.25, 0.3) is 22.1 Å². The second-order valence-corrected chi connectivity index (χ2v) is 20.5. The smallest absolute Gasteiger partial charge is 0.302 e. The second kappa shape index (κ2) is 21.9. The number of amides is 4. The number of esters is 2. The molecule has 4 amide bonds. The number of likely N-dealkylation sites (tertiary alicyclic amines) is 2. The number of fused-ring (bicyclic) bond motifs is 2. The monoisotopic (exact) mass is 928 g/mol. The highest BCUT2D eigenvalue weighted by atomic mass is 16.5. The summed E-state index contributed by atoms with van der Waals surface area (Å²) >= 11 is 0. The van der Waals surface area contributed by atoms with E-state index < -0.39 is 35.1 Å². The van der Waals surface area contributed by atoms with E-state index in [1.54, 1.807) is 34.0 Å². The van der Waals surface area contributed by atoms with Crippen LogP contribution in [0.4, 0.5) is 0 Å². The van der Waals surface area contributed by atoms with Gasteiger partial charge in [-0.25, -0.2) is 9.97 Å². The molecular formula is C50H73N9O8. The van der Waals surface area contributed by atoms with Crippen LogP contribution in [0.2, 0.25) is 0 Å². The molecule has 0 saturated carbocycles. The molecular weight excluding hydrogens is 855 g/mol. The van der Waals surface area contributed by atoms with Crippen LogP contribution in [-0.4, -0.2) is 140 Å². The lowest BCUT2D eigenvalue weighted by Crippen LogP contribution is -2.59. The number of carbonyl (C=O) groups is 6. The van der Waals surface area contributed by atoms with Crippen molar-refractivity contribution in [1.82, 2.24) is 45.3 Å². The number of nitrogens with zero attached hydrogens (tertiary/aromatic N) is 5. The predicted molar refractivity (Wildman–Crippen MR) is 256 cm³/mol. The Kier molecular flexibility index (Phi) is 17.0. The Morgan fingerprint density at radius 2 is 1.12 bits per heavy atom. The summed E-state index contributed by atoms with van der Waals surface area (Å²) in [5.41, 5.74) is 2.58. The highest BCUT2D eigenvalue weighted by Gasteiger charge is 2.46. The zero-order chi connectivity index (χ0) is 49.5.